The van der Waals surface area contributed by atoms with Gasteiger partial charge in [-0.2, -0.15) is 5.48 Å². The van der Waals surface area contributed by atoms with Crippen molar-refractivity contribution in [1.82, 2.24) is 5.48 Å². The zero-order chi connectivity index (χ0) is 17.7. The van der Waals surface area contributed by atoms with Crippen molar-refractivity contribution in [1.29, 1.82) is 0 Å². The van der Waals surface area contributed by atoms with Gasteiger partial charge in [-0.1, -0.05) is 110 Å². The van der Waals surface area contributed by atoms with Crippen LogP contribution in [0.5, 0.6) is 0 Å². The molecule has 3 nitrogen and oxygen atoms in total. The molecule has 0 aromatic heterocycles. The predicted octanol–water partition coefficient (Wildman–Crippen LogP) is 3.82. The summed E-state index contributed by atoms with van der Waals surface area (Å²) in [6, 6.07) is 0. The predicted molar refractivity (Wildman–Crippen MR) is 105 cm³/mol. The third-order valence-corrected chi connectivity index (χ3v) is 4.61. The smallest absolute Gasteiger partial charge is 1.00 e. The van der Waals surface area contributed by atoms with Crippen LogP contribution < -0.4 is 56.9 Å². The van der Waals surface area contributed by atoms with Gasteiger partial charge in [0.05, 0.1) is 0 Å². The monoisotopic (exact) mass is 381 g/mol. The first-order valence-electron chi connectivity index (χ1n) is 10.7. The molecule has 0 heterocycles. The Morgan fingerprint density at radius 1 is 0.680 bits per heavy atom. The van der Waals surface area contributed by atoms with E-state index < -0.39 is 0 Å². The summed E-state index contributed by atoms with van der Waals surface area (Å²) in [7, 11) is 0. The van der Waals surface area contributed by atoms with Crippen LogP contribution in [0.3, 0.4) is 0 Å². The van der Waals surface area contributed by atoms with Gasteiger partial charge in [0.1, 0.15) is 0 Å². The van der Waals surface area contributed by atoms with Gasteiger partial charge >= 0.3 is 57.4 Å². The molecule has 0 amide bonds. The van der Waals surface area contributed by atoms with E-state index in [1.807, 2.05) is 0 Å². The maximum absolute atomic E-state index is 10.9. The zero-order valence-electron chi connectivity index (χ0n) is 18.5. The van der Waals surface area contributed by atoms with Gasteiger partial charge in [0, 0.05) is 13.0 Å². The van der Waals surface area contributed by atoms with Crippen LogP contribution in [0.4, 0.5) is 0 Å². The fraction of sp³-hybridized carbons (Fsp3) is 0.952. The molecule has 0 atom stereocenters. The summed E-state index contributed by atoms with van der Waals surface area (Å²) in [5.41, 5.74) is 2.74. The first-order chi connectivity index (χ1) is 11.8. The van der Waals surface area contributed by atoms with Crippen molar-refractivity contribution in [3.8, 4) is 0 Å². The minimum absolute atomic E-state index is 0. The number of rotatable bonds is 19. The van der Waals surface area contributed by atoms with E-state index >= 15 is 0 Å². The van der Waals surface area contributed by atoms with Crippen LogP contribution in [0.15, 0.2) is 0 Å². The number of nitrogens with one attached hydrogen (secondary N) is 1. The van der Waals surface area contributed by atoms with E-state index in [2.05, 4.69) is 12.4 Å². The molecule has 25 heavy (non-hydrogen) atoms. The Balaban J connectivity index is -0.00000264. The molecule has 0 saturated heterocycles. The summed E-state index contributed by atoms with van der Waals surface area (Å²) in [6.45, 7) is 4.87. The summed E-state index contributed by atoms with van der Waals surface area (Å²) < 4.78 is 0. The van der Waals surface area contributed by atoms with Crippen LogP contribution in [0.1, 0.15) is 124 Å². The van der Waals surface area contributed by atoms with Gasteiger partial charge in [-0.3, -0.25) is 4.79 Å². The molecule has 0 aliphatic heterocycles. The SMILES string of the molecule is CCCCCCCCCCCCCCCCCCNOC(=O)CC.[H-].[K+]. The van der Waals surface area contributed by atoms with Crippen LogP contribution in [0, 0.1) is 0 Å². The average Bonchev–Trinajstić information content (AvgIpc) is 2.60. The van der Waals surface area contributed by atoms with E-state index in [0.29, 0.717) is 6.42 Å². The van der Waals surface area contributed by atoms with E-state index in [0.717, 1.165) is 13.0 Å². The number of hydrogen-bond acceptors (Lipinski definition) is 3. The van der Waals surface area contributed by atoms with E-state index in [9.17, 15) is 4.79 Å². The molecule has 0 aromatic rings. The van der Waals surface area contributed by atoms with Crippen LogP contribution in [0.2, 0.25) is 0 Å². The van der Waals surface area contributed by atoms with Crippen molar-refractivity contribution in [2.45, 2.75) is 123 Å². The van der Waals surface area contributed by atoms with Gasteiger partial charge < -0.3 is 6.26 Å². The van der Waals surface area contributed by atoms with Gasteiger partial charge in [0.25, 0.3) is 0 Å². The van der Waals surface area contributed by atoms with Crippen molar-refractivity contribution in [3.05, 3.63) is 0 Å². The zero-order valence-corrected chi connectivity index (χ0v) is 20.7. The molecular weight excluding hydrogens is 337 g/mol. The van der Waals surface area contributed by atoms with E-state index in [1.54, 1.807) is 6.92 Å². The molecule has 1 N–H and O–H groups in total. The number of carbonyl (C=O) groups is 1. The number of unbranched alkanes of at least 4 members (excludes halogenated alkanes) is 15. The topological polar surface area (TPSA) is 38.3 Å². The van der Waals surface area contributed by atoms with Crippen molar-refractivity contribution in [3.63, 3.8) is 0 Å². The van der Waals surface area contributed by atoms with Gasteiger partial charge in [-0.15, -0.1) is 0 Å². The minimum Gasteiger partial charge on any atom is -1.00 e. The summed E-state index contributed by atoms with van der Waals surface area (Å²) in [6.07, 6.45) is 22.5. The fourth-order valence-corrected chi connectivity index (χ4v) is 2.95. The van der Waals surface area contributed by atoms with Crippen LogP contribution >= 0.6 is 0 Å². The Labute approximate surface area is 201 Å². The standard InChI is InChI=1S/C21H43NO2.K.H/c1-3-5-6-7-8-9-10-11-12-13-14-15-16-17-18-19-20-22-24-21(23)4-2;;/h22H,3-20H2,1-2H3;;/q;+1;-1. The Kier molecular flexibility index (Phi) is 28.4. The third kappa shape index (κ3) is 25.1. The quantitative estimate of drug-likeness (QED) is 0.210. The molecule has 146 valence electrons. The molecule has 0 bridgehead atoms. The second-order valence-corrected chi connectivity index (χ2v) is 7.03. The molecule has 0 aliphatic carbocycles. The third-order valence-electron chi connectivity index (χ3n) is 4.61. The van der Waals surface area contributed by atoms with E-state index in [1.165, 1.54) is 96.3 Å². The first-order valence-corrected chi connectivity index (χ1v) is 10.7. The molecule has 0 fully saturated rings. The maximum atomic E-state index is 10.9. The Bertz CT molecular complexity index is 268. The van der Waals surface area contributed by atoms with Crippen LogP contribution in [-0.4, -0.2) is 12.5 Å². The molecule has 0 radical (unpaired) electrons. The largest absolute Gasteiger partial charge is 1.00 e. The van der Waals surface area contributed by atoms with Gasteiger partial charge in [0.2, 0.25) is 0 Å². The second-order valence-electron chi connectivity index (χ2n) is 7.03. The molecular formula is C21H44KNO2. The molecule has 0 saturated carbocycles. The summed E-state index contributed by atoms with van der Waals surface area (Å²) in [4.78, 5) is 15.7. The van der Waals surface area contributed by atoms with E-state index in [4.69, 9.17) is 4.84 Å². The van der Waals surface area contributed by atoms with Crippen molar-refractivity contribution in [2.75, 3.05) is 6.54 Å². The van der Waals surface area contributed by atoms with Gasteiger partial charge in [0.15, 0.2) is 0 Å². The summed E-state index contributed by atoms with van der Waals surface area (Å²) in [5, 5.41) is 0. The number of hydroxylamine groups is 1. The maximum Gasteiger partial charge on any atom is 1.00 e. The van der Waals surface area contributed by atoms with Crippen molar-refractivity contribution >= 4 is 5.97 Å². The summed E-state index contributed by atoms with van der Waals surface area (Å²) >= 11 is 0. The minimum atomic E-state index is -0.175. The number of carbonyl (C=O) groups excluding carboxylic acids is 1. The van der Waals surface area contributed by atoms with E-state index in [-0.39, 0.29) is 58.8 Å². The molecule has 0 unspecified atom stereocenters. The Hall–Kier alpha value is 1.07. The Morgan fingerprint density at radius 2 is 1.04 bits per heavy atom. The molecule has 4 heteroatoms. The number of hydrogen-bond donors (Lipinski definition) is 1. The van der Waals surface area contributed by atoms with Gasteiger partial charge in [-0.05, 0) is 6.42 Å². The summed E-state index contributed by atoms with van der Waals surface area (Å²) in [5.74, 6) is -0.175. The molecule has 0 aromatic carbocycles. The van der Waals surface area contributed by atoms with Crippen LogP contribution in [0.25, 0.3) is 0 Å². The average molecular weight is 382 g/mol. The fourth-order valence-electron chi connectivity index (χ4n) is 2.95. The van der Waals surface area contributed by atoms with Crippen molar-refractivity contribution in [2.24, 2.45) is 0 Å². The molecule has 0 aliphatic rings. The van der Waals surface area contributed by atoms with Crippen molar-refractivity contribution < 1.29 is 62.4 Å². The normalized spacial score (nSPS) is 10.5. The first kappa shape index (κ1) is 28.3. The van der Waals surface area contributed by atoms with Crippen LogP contribution in [-0.2, 0) is 9.63 Å². The van der Waals surface area contributed by atoms with Gasteiger partial charge in [-0.25, -0.2) is 0 Å². The molecule has 0 rings (SSSR count). The second kappa shape index (κ2) is 25.1. The molecule has 0 spiro atoms. The Morgan fingerprint density at radius 3 is 1.40 bits per heavy atom.